The van der Waals surface area contributed by atoms with Crippen LogP contribution in [-0.2, 0) is 14.9 Å². The van der Waals surface area contributed by atoms with Crippen molar-refractivity contribution in [2.75, 3.05) is 12.9 Å². The zero-order valence-electron chi connectivity index (χ0n) is 18.8. The number of methoxy groups -OCH3 is 1. The molecule has 0 atom stereocenters. The monoisotopic (exact) mass is 527 g/mol. The molecule has 180 valence electrons. The van der Waals surface area contributed by atoms with Gasteiger partial charge in [-0.2, -0.15) is 13.5 Å². The number of carbonyl (C=O) groups is 1. The van der Waals surface area contributed by atoms with Crippen LogP contribution in [0.3, 0.4) is 0 Å². The van der Waals surface area contributed by atoms with Gasteiger partial charge in [0.05, 0.1) is 29.3 Å². The largest absolute Gasteiger partial charge is 0.493 e. The van der Waals surface area contributed by atoms with Crippen LogP contribution in [0, 0.1) is 6.92 Å². The van der Waals surface area contributed by atoms with Crippen molar-refractivity contribution in [2.24, 2.45) is 5.10 Å². The van der Waals surface area contributed by atoms with E-state index in [0.29, 0.717) is 5.56 Å². The molecule has 0 unspecified atom stereocenters. The number of rotatable bonds is 9. The number of hydrogen-bond acceptors (Lipinski definition) is 9. The smallest absolute Gasteiger partial charge is 0.339 e. The number of ether oxygens (including phenoxy) is 1. The normalized spacial score (nSPS) is 11.6. The second kappa shape index (κ2) is 10.9. The van der Waals surface area contributed by atoms with Crippen LogP contribution in [0.1, 0.15) is 11.1 Å². The number of hydrogen-bond donors (Lipinski definition) is 1. The number of hydrazone groups is 1. The summed E-state index contributed by atoms with van der Waals surface area (Å²) in [5, 5.41) is 3.96. The Morgan fingerprint density at radius 3 is 2.63 bits per heavy atom. The molecule has 11 heteroatoms. The molecule has 0 saturated heterocycles. The van der Waals surface area contributed by atoms with Gasteiger partial charge in [0.25, 0.3) is 5.91 Å². The Kier molecular flexibility index (Phi) is 7.69. The maximum atomic E-state index is 12.6. The Morgan fingerprint density at radius 1 is 1.11 bits per heavy atom. The van der Waals surface area contributed by atoms with E-state index < -0.39 is 10.1 Å². The fraction of sp³-hybridized carbons (Fsp3) is 0.125. The maximum absolute atomic E-state index is 12.6. The lowest BCUT2D eigenvalue weighted by molar-refractivity contribution is -0.118. The average Bonchev–Trinajstić information content (AvgIpc) is 3.27. The Balaban J connectivity index is 1.35. The first-order valence-corrected chi connectivity index (χ1v) is 13.5. The Hall–Kier alpha value is -3.41. The predicted octanol–water partition coefficient (Wildman–Crippen LogP) is 4.62. The first kappa shape index (κ1) is 24.7. The van der Waals surface area contributed by atoms with Gasteiger partial charge < -0.3 is 8.92 Å². The van der Waals surface area contributed by atoms with Crippen molar-refractivity contribution >= 4 is 55.6 Å². The molecule has 0 aliphatic heterocycles. The topological polar surface area (TPSA) is 107 Å². The number of amides is 1. The van der Waals surface area contributed by atoms with Gasteiger partial charge in [0.1, 0.15) is 4.90 Å². The molecule has 4 aromatic rings. The summed E-state index contributed by atoms with van der Waals surface area (Å²) in [5.41, 5.74) is 4.90. The van der Waals surface area contributed by atoms with Gasteiger partial charge in [0, 0.05) is 0 Å². The van der Waals surface area contributed by atoms with E-state index in [-0.39, 0.29) is 28.1 Å². The highest BCUT2D eigenvalue weighted by Gasteiger charge is 2.19. The van der Waals surface area contributed by atoms with Crippen molar-refractivity contribution in [3.63, 3.8) is 0 Å². The maximum Gasteiger partial charge on any atom is 0.339 e. The highest BCUT2D eigenvalue weighted by atomic mass is 32.2. The predicted molar refractivity (Wildman–Crippen MR) is 138 cm³/mol. The molecular weight excluding hydrogens is 506 g/mol. The van der Waals surface area contributed by atoms with Crippen LogP contribution in [0.4, 0.5) is 0 Å². The molecule has 0 aliphatic rings. The molecule has 35 heavy (non-hydrogen) atoms. The van der Waals surface area contributed by atoms with Gasteiger partial charge in [-0.3, -0.25) is 4.79 Å². The number of nitrogens with zero attached hydrogens (tertiary/aromatic N) is 2. The molecule has 0 radical (unpaired) electrons. The molecule has 0 bridgehead atoms. The zero-order chi connectivity index (χ0) is 24.8. The third-order valence-corrected chi connectivity index (χ3v) is 8.13. The van der Waals surface area contributed by atoms with Crippen LogP contribution in [0.15, 0.2) is 81.1 Å². The van der Waals surface area contributed by atoms with E-state index in [1.807, 2.05) is 31.2 Å². The molecule has 8 nitrogen and oxygen atoms in total. The van der Waals surface area contributed by atoms with Gasteiger partial charge >= 0.3 is 10.1 Å². The number of carbonyl (C=O) groups excluding carboxylic acids is 1. The quantitative estimate of drug-likeness (QED) is 0.146. The highest BCUT2D eigenvalue weighted by molar-refractivity contribution is 8.01. The lowest BCUT2D eigenvalue weighted by Gasteiger charge is -2.11. The molecule has 4 rings (SSSR count). The van der Waals surface area contributed by atoms with Crippen LogP contribution < -0.4 is 14.3 Å². The molecule has 0 aliphatic carbocycles. The molecule has 1 amide bonds. The first-order chi connectivity index (χ1) is 16.8. The molecule has 0 spiro atoms. The summed E-state index contributed by atoms with van der Waals surface area (Å²) in [6, 6.07) is 18.8. The van der Waals surface area contributed by atoms with E-state index in [9.17, 15) is 13.2 Å². The van der Waals surface area contributed by atoms with Crippen LogP contribution in [-0.4, -0.2) is 38.4 Å². The second-order valence-electron chi connectivity index (χ2n) is 7.29. The third-order valence-electron chi connectivity index (χ3n) is 4.70. The van der Waals surface area contributed by atoms with Crippen molar-refractivity contribution in [1.29, 1.82) is 0 Å². The highest BCUT2D eigenvalue weighted by Crippen LogP contribution is 2.31. The Morgan fingerprint density at radius 2 is 1.89 bits per heavy atom. The molecule has 3 aromatic carbocycles. The average molecular weight is 528 g/mol. The number of nitrogens with one attached hydrogen (secondary N) is 1. The number of fused-ring (bicyclic) bond motifs is 1. The fourth-order valence-corrected chi connectivity index (χ4v) is 5.76. The summed E-state index contributed by atoms with van der Waals surface area (Å²) in [7, 11) is -2.61. The first-order valence-electron chi connectivity index (χ1n) is 10.3. The number of thiazole rings is 1. The third kappa shape index (κ3) is 6.38. The standard InChI is InChI=1S/C24H21N3O5S3/c1-16-7-10-18(11-8-16)35(29,30)32-20-12-9-17(13-21(20)31-2)14-25-27-23(28)15-33-24-26-19-5-3-4-6-22(19)34-24/h3-14H,15H2,1-2H3,(H,27,28)/b25-14+. The van der Waals surface area contributed by atoms with Crippen LogP contribution in [0.2, 0.25) is 0 Å². The number of para-hydroxylation sites is 1. The van der Waals surface area contributed by atoms with Crippen LogP contribution in [0.5, 0.6) is 11.5 Å². The number of aryl methyl sites for hydroxylation is 1. The van der Waals surface area contributed by atoms with Crippen LogP contribution >= 0.6 is 23.1 Å². The minimum atomic E-state index is -4.02. The van der Waals surface area contributed by atoms with E-state index in [1.54, 1.807) is 24.3 Å². The van der Waals surface area contributed by atoms with E-state index in [1.165, 1.54) is 54.6 Å². The van der Waals surface area contributed by atoms with E-state index in [2.05, 4.69) is 15.5 Å². The lowest BCUT2D eigenvalue weighted by Crippen LogP contribution is -2.19. The van der Waals surface area contributed by atoms with Gasteiger partial charge in [0.2, 0.25) is 0 Å². The van der Waals surface area contributed by atoms with Gasteiger partial charge in [0.15, 0.2) is 15.8 Å². The molecule has 1 aromatic heterocycles. The Bertz CT molecular complexity index is 1450. The fourth-order valence-electron chi connectivity index (χ4n) is 2.96. The van der Waals surface area contributed by atoms with Gasteiger partial charge in [-0.15, -0.1) is 11.3 Å². The minimum Gasteiger partial charge on any atom is -0.493 e. The SMILES string of the molecule is COc1cc(/C=N/NC(=O)CSc2nc3ccccc3s2)ccc1OS(=O)(=O)c1ccc(C)cc1. The summed E-state index contributed by atoms with van der Waals surface area (Å²) in [6.07, 6.45) is 1.43. The molecule has 0 fully saturated rings. The van der Waals surface area contributed by atoms with E-state index >= 15 is 0 Å². The van der Waals surface area contributed by atoms with Crippen molar-refractivity contribution in [3.8, 4) is 11.5 Å². The summed E-state index contributed by atoms with van der Waals surface area (Å²) >= 11 is 2.87. The molecule has 1 N–H and O–H groups in total. The number of benzene rings is 3. The van der Waals surface area contributed by atoms with Crippen molar-refractivity contribution in [2.45, 2.75) is 16.2 Å². The summed E-state index contributed by atoms with van der Waals surface area (Å²) in [4.78, 5) is 16.7. The summed E-state index contributed by atoms with van der Waals surface area (Å²) in [5.74, 6) is 0.148. The second-order valence-corrected chi connectivity index (χ2v) is 11.1. The minimum absolute atomic E-state index is 0.0431. The van der Waals surface area contributed by atoms with Gasteiger partial charge in [-0.1, -0.05) is 41.6 Å². The van der Waals surface area contributed by atoms with Gasteiger partial charge in [-0.25, -0.2) is 10.4 Å². The zero-order valence-corrected chi connectivity index (χ0v) is 21.2. The molecule has 0 saturated carbocycles. The molecule has 1 heterocycles. The Labute approximate surface area is 211 Å². The molecular formula is C24H21N3O5S3. The van der Waals surface area contributed by atoms with Crippen LogP contribution in [0.25, 0.3) is 10.2 Å². The summed E-state index contributed by atoms with van der Waals surface area (Å²) in [6.45, 7) is 1.87. The van der Waals surface area contributed by atoms with Crippen molar-refractivity contribution < 1.29 is 22.1 Å². The van der Waals surface area contributed by atoms with Gasteiger partial charge in [-0.05, 0) is 55.0 Å². The van der Waals surface area contributed by atoms with E-state index in [0.717, 1.165) is 20.1 Å². The summed E-state index contributed by atoms with van der Waals surface area (Å²) < 4.78 is 37.6. The van der Waals surface area contributed by atoms with Crippen molar-refractivity contribution in [1.82, 2.24) is 10.4 Å². The number of thioether (sulfide) groups is 1. The van der Waals surface area contributed by atoms with Crippen molar-refractivity contribution in [3.05, 3.63) is 77.9 Å². The number of aromatic nitrogens is 1. The van der Waals surface area contributed by atoms with E-state index in [4.69, 9.17) is 8.92 Å². The lowest BCUT2D eigenvalue weighted by atomic mass is 10.2.